The Morgan fingerprint density at radius 2 is 2.20 bits per heavy atom. The molecule has 15 heavy (non-hydrogen) atoms. The fourth-order valence-electron chi connectivity index (χ4n) is 1.42. The molecule has 0 aliphatic carbocycles. The Bertz CT molecular complexity index is 610. The molecule has 0 saturated carbocycles. The third-order valence-corrected chi connectivity index (χ3v) is 2.11. The van der Waals surface area contributed by atoms with Crippen molar-refractivity contribution in [3.63, 3.8) is 0 Å². The zero-order valence-electron chi connectivity index (χ0n) is 7.65. The Kier molecular flexibility index (Phi) is 1.85. The van der Waals surface area contributed by atoms with E-state index in [0.29, 0.717) is 0 Å². The number of carbonyl (C=O) groups is 1. The van der Waals surface area contributed by atoms with Crippen LogP contribution in [0.25, 0.3) is 11.1 Å². The van der Waals surface area contributed by atoms with E-state index in [1.54, 1.807) is 0 Å². The average Bonchev–Trinajstić information content (AvgIpc) is 2.44. The van der Waals surface area contributed by atoms with Gasteiger partial charge in [-0.25, -0.2) is 14.0 Å². The van der Waals surface area contributed by atoms with Gasteiger partial charge in [0.2, 0.25) is 0 Å². The van der Waals surface area contributed by atoms with E-state index in [1.165, 1.54) is 13.1 Å². The molecular weight excluding hydrogens is 205 g/mol. The van der Waals surface area contributed by atoms with Gasteiger partial charge in [-0.3, -0.25) is 4.57 Å². The van der Waals surface area contributed by atoms with Gasteiger partial charge >= 0.3 is 11.7 Å². The second-order valence-electron chi connectivity index (χ2n) is 3.00. The van der Waals surface area contributed by atoms with Crippen molar-refractivity contribution in [3.8, 4) is 0 Å². The number of hydrogen-bond donors (Lipinski definition) is 1. The van der Waals surface area contributed by atoms with Crippen molar-refractivity contribution in [1.29, 1.82) is 0 Å². The van der Waals surface area contributed by atoms with Crippen molar-refractivity contribution in [1.82, 2.24) is 4.57 Å². The van der Waals surface area contributed by atoms with E-state index in [2.05, 4.69) is 0 Å². The molecule has 0 radical (unpaired) electrons. The molecule has 1 heterocycles. The quantitative estimate of drug-likeness (QED) is 0.762. The maximum absolute atomic E-state index is 13.2. The number of fused-ring (bicyclic) bond motifs is 1. The number of oxazole rings is 1. The number of nitrogens with zero attached hydrogens (tertiary/aromatic N) is 1. The fraction of sp³-hybridized carbons (Fsp3) is 0.111. The Hall–Kier alpha value is -2.11. The van der Waals surface area contributed by atoms with Gasteiger partial charge in [0.05, 0.1) is 0 Å². The van der Waals surface area contributed by atoms with Gasteiger partial charge in [-0.2, -0.15) is 0 Å². The van der Waals surface area contributed by atoms with Crippen LogP contribution in [0.5, 0.6) is 0 Å². The zero-order chi connectivity index (χ0) is 11.2. The van der Waals surface area contributed by atoms with Crippen molar-refractivity contribution in [2.24, 2.45) is 7.05 Å². The first kappa shape index (κ1) is 9.45. The second kappa shape index (κ2) is 2.94. The monoisotopic (exact) mass is 211 g/mol. The highest BCUT2D eigenvalue weighted by Crippen LogP contribution is 2.20. The molecule has 0 aliphatic rings. The summed E-state index contributed by atoms with van der Waals surface area (Å²) in [7, 11) is 1.32. The van der Waals surface area contributed by atoms with Gasteiger partial charge in [-0.05, 0) is 12.1 Å². The third-order valence-electron chi connectivity index (χ3n) is 2.11. The Morgan fingerprint density at radius 3 is 2.80 bits per heavy atom. The molecule has 1 N–H and O–H groups in total. The minimum Gasteiger partial charge on any atom is -0.478 e. The van der Waals surface area contributed by atoms with Gasteiger partial charge in [0.25, 0.3) is 0 Å². The molecule has 0 spiro atoms. The second-order valence-corrected chi connectivity index (χ2v) is 3.00. The summed E-state index contributed by atoms with van der Waals surface area (Å²) < 4.78 is 18.9. The summed E-state index contributed by atoms with van der Waals surface area (Å²) in [5.41, 5.74) is -0.547. The smallest absolute Gasteiger partial charge is 0.419 e. The summed E-state index contributed by atoms with van der Waals surface area (Å²) in [6.07, 6.45) is 0. The molecule has 0 unspecified atom stereocenters. The van der Waals surface area contributed by atoms with E-state index in [4.69, 9.17) is 9.52 Å². The van der Waals surface area contributed by atoms with Crippen LogP contribution in [0.1, 0.15) is 10.4 Å². The van der Waals surface area contributed by atoms with Gasteiger partial charge in [-0.1, -0.05) is 0 Å². The molecule has 1 aromatic heterocycles. The molecule has 0 fully saturated rings. The number of benzene rings is 1. The van der Waals surface area contributed by atoms with Crippen LogP contribution in [0.15, 0.2) is 21.3 Å². The van der Waals surface area contributed by atoms with Crippen LogP contribution in [0, 0.1) is 5.82 Å². The van der Waals surface area contributed by atoms with Gasteiger partial charge in [0.15, 0.2) is 5.58 Å². The highest BCUT2D eigenvalue weighted by molar-refractivity contribution is 6.00. The number of aromatic carboxylic acids is 1. The van der Waals surface area contributed by atoms with Crippen LogP contribution in [0.4, 0.5) is 4.39 Å². The van der Waals surface area contributed by atoms with Crippen molar-refractivity contribution in [2.75, 3.05) is 0 Å². The van der Waals surface area contributed by atoms with Crippen LogP contribution in [0.2, 0.25) is 0 Å². The molecule has 5 nitrogen and oxygen atoms in total. The number of carboxylic acids is 1. The van der Waals surface area contributed by atoms with E-state index in [9.17, 15) is 14.0 Å². The lowest BCUT2D eigenvalue weighted by Crippen LogP contribution is -2.11. The van der Waals surface area contributed by atoms with Crippen LogP contribution >= 0.6 is 0 Å². The summed E-state index contributed by atoms with van der Waals surface area (Å²) in [4.78, 5) is 21.9. The molecule has 1 aromatic carbocycles. The summed E-state index contributed by atoms with van der Waals surface area (Å²) in [5, 5.41) is 8.80. The highest BCUT2D eigenvalue weighted by Gasteiger charge is 2.19. The predicted octanol–water partition coefficient (Wildman–Crippen LogP) is 0.969. The normalized spacial score (nSPS) is 10.8. The molecule has 0 bridgehead atoms. The van der Waals surface area contributed by atoms with Gasteiger partial charge in [0.1, 0.15) is 16.9 Å². The number of carboxylic acid groups (broad SMARTS) is 1. The fourth-order valence-corrected chi connectivity index (χ4v) is 1.42. The van der Waals surface area contributed by atoms with Gasteiger partial charge in [-0.15, -0.1) is 0 Å². The summed E-state index contributed by atoms with van der Waals surface area (Å²) >= 11 is 0. The molecule has 6 heteroatoms. The first-order valence-corrected chi connectivity index (χ1v) is 4.03. The molecule has 78 valence electrons. The van der Waals surface area contributed by atoms with Crippen molar-refractivity contribution in [2.45, 2.75) is 0 Å². The number of halogens is 1. The molecular formula is C9H6FNO4. The standard InChI is InChI=1S/C9H6FNO4/c1-11-7-5(15-9(11)14)3-2-4(10)6(7)8(12)13/h2-3H,1H3,(H,12,13). The summed E-state index contributed by atoms with van der Waals surface area (Å²) in [6.45, 7) is 0. The number of aryl methyl sites for hydroxylation is 1. The Balaban J connectivity index is 3.04. The summed E-state index contributed by atoms with van der Waals surface area (Å²) in [6, 6.07) is 2.17. The average molecular weight is 211 g/mol. The van der Waals surface area contributed by atoms with Crippen molar-refractivity contribution < 1.29 is 18.7 Å². The summed E-state index contributed by atoms with van der Waals surface area (Å²) in [5.74, 6) is -3.06. The molecule has 0 atom stereocenters. The van der Waals surface area contributed by atoms with Crippen molar-refractivity contribution in [3.05, 3.63) is 34.1 Å². The van der Waals surface area contributed by atoms with Crippen LogP contribution in [-0.4, -0.2) is 15.6 Å². The van der Waals surface area contributed by atoms with E-state index >= 15 is 0 Å². The number of rotatable bonds is 1. The van der Waals surface area contributed by atoms with E-state index < -0.39 is 23.1 Å². The zero-order valence-corrected chi connectivity index (χ0v) is 7.65. The maximum Gasteiger partial charge on any atom is 0.419 e. The van der Waals surface area contributed by atoms with Crippen molar-refractivity contribution >= 4 is 17.1 Å². The number of hydrogen-bond acceptors (Lipinski definition) is 3. The lowest BCUT2D eigenvalue weighted by Gasteiger charge is -1.99. The molecule has 2 aromatic rings. The molecule has 0 aliphatic heterocycles. The predicted molar refractivity (Wildman–Crippen MR) is 48.4 cm³/mol. The topological polar surface area (TPSA) is 72.4 Å². The highest BCUT2D eigenvalue weighted by atomic mass is 19.1. The largest absolute Gasteiger partial charge is 0.478 e. The Labute approximate surface area is 82.3 Å². The van der Waals surface area contributed by atoms with E-state index in [0.717, 1.165) is 10.6 Å². The first-order valence-electron chi connectivity index (χ1n) is 4.03. The maximum atomic E-state index is 13.2. The lowest BCUT2D eigenvalue weighted by atomic mass is 10.2. The van der Waals surface area contributed by atoms with Crippen LogP contribution in [-0.2, 0) is 7.05 Å². The van der Waals surface area contributed by atoms with Gasteiger partial charge in [0, 0.05) is 7.05 Å². The lowest BCUT2D eigenvalue weighted by molar-refractivity contribution is 0.0693. The molecule has 2 rings (SSSR count). The Morgan fingerprint density at radius 1 is 1.53 bits per heavy atom. The third kappa shape index (κ3) is 1.22. The van der Waals surface area contributed by atoms with Crippen LogP contribution in [0.3, 0.4) is 0 Å². The van der Waals surface area contributed by atoms with Gasteiger partial charge < -0.3 is 9.52 Å². The van der Waals surface area contributed by atoms with Crippen LogP contribution < -0.4 is 5.76 Å². The molecule has 0 amide bonds. The first-order chi connectivity index (χ1) is 7.02. The molecule has 0 saturated heterocycles. The minimum atomic E-state index is -1.44. The minimum absolute atomic E-state index is 0.0486. The van der Waals surface area contributed by atoms with E-state index in [1.807, 2.05) is 0 Å². The number of aromatic nitrogens is 1. The SMILES string of the molecule is Cn1c(=O)oc2ccc(F)c(C(=O)O)c21. The van der Waals surface area contributed by atoms with E-state index in [-0.39, 0.29) is 11.1 Å².